The van der Waals surface area contributed by atoms with Crippen LogP contribution >= 0.6 is 0 Å². The second-order valence-electron chi connectivity index (χ2n) is 6.43. The minimum absolute atomic E-state index is 0.0629. The Balaban J connectivity index is 1.87. The molecule has 0 radical (unpaired) electrons. The van der Waals surface area contributed by atoms with E-state index < -0.39 is 10.2 Å². The number of anilines is 1. The monoisotopic (exact) mass is 371 g/mol. The van der Waals surface area contributed by atoms with Crippen LogP contribution in [0.4, 0.5) is 5.69 Å². The number of hydrogen-bond donors (Lipinski definition) is 1. The maximum absolute atomic E-state index is 12.5. The molecule has 1 fully saturated rings. The van der Waals surface area contributed by atoms with Gasteiger partial charge in [-0.1, -0.05) is 13.3 Å². The Morgan fingerprint density at radius 1 is 1.36 bits per heavy atom. The standard InChI is InChI=1S/C16H29N5O3S/c1-4-6-9-19(3)25(23,24)21-10-7-14(8-11-21)16(22)18-15-12-17-20(5-2)13-15/h12-14H,4-11H2,1-3H3,(H,18,22). The summed E-state index contributed by atoms with van der Waals surface area (Å²) >= 11 is 0. The molecule has 25 heavy (non-hydrogen) atoms. The summed E-state index contributed by atoms with van der Waals surface area (Å²) in [6, 6.07) is 0. The van der Waals surface area contributed by atoms with Crippen LogP contribution in [0.3, 0.4) is 0 Å². The Kier molecular flexibility index (Phi) is 6.97. The number of unbranched alkanes of at least 4 members (excludes halogenated alkanes) is 1. The van der Waals surface area contributed by atoms with Gasteiger partial charge in [0.15, 0.2) is 0 Å². The molecule has 142 valence electrons. The van der Waals surface area contributed by atoms with Gasteiger partial charge >= 0.3 is 0 Å². The molecule has 0 aliphatic carbocycles. The first-order valence-corrected chi connectivity index (χ1v) is 10.3. The van der Waals surface area contributed by atoms with Crippen LogP contribution in [-0.2, 0) is 21.5 Å². The number of nitrogens with one attached hydrogen (secondary N) is 1. The van der Waals surface area contributed by atoms with Gasteiger partial charge in [-0.15, -0.1) is 0 Å². The maximum Gasteiger partial charge on any atom is 0.281 e. The average molecular weight is 372 g/mol. The summed E-state index contributed by atoms with van der Waals surface area (Å²) in [4.78, 5) is 12.4. The number of carbonyl (C=O) groups excluding carboxylic acids is 1. The molecule has 1 saturated heterocycles. The molecule has 0 spiro atoms. The number of rotatable bonds is 8. The molecule has 0 atom stereocenters. The number of hydrogen-bond acceptors (Lipinski definition) is 4. The highest BCUT2D eigenvalue weighted by Crippen LogP contribution is 2.22. The minimum atomic E-state index is -3.42. The van der Waals surface area contributed by atoms with E-state index in [2.05, 4.69) is 10.4 Å². The van der Waals surface area contributed by atoms with Crippen LogP contribution in [0.1, 0.15) is 39.5 Å². The molecule has 1 aliphatic heterocycles. The second-order valence-corrected chi connectivity index (χ2v) is 8.47. The fourth-order valence-corrected chi connectivity index (χ4v) is 4.31. The molecule has 0 aromatic carbocycles. The quantitative estimate of drug-likeness (QED) is 0.751. The number of aromatic nitrogens is 2. The molecule has 1 aliphatic rings. The number of amides is 1. The Bertz CT molecular complexity index is 665. The third kappa shape index (κ3) is 5.02. The van der Waals surface area contributed by atoms with Crippen molar-refractivity contribution in [1.82, 2.24) is 18.4 Å². The van der Waals surface area contributed by atoms with Crippen LogP contribution in [0.2, 0.25) is 0 Å². The topological polar surface area (TPSA) is 87.5 Å². The number of carbonyl (C=O) groups is 1. The summed E-state index contributed by atoms with van der Waals surface area (Å²) in [5, 5.41) is 7.00. The molecular weight excluding hydrogens is 342 g/mol. The summed E-state index contributed by atoms with van der Waals surface area (Å²) in [7, 11) is -1.80. The van der Waals surface area contributed by atoms with E-state index in [0.29, 0.717) is 38.2 Å². The molecule has 0 unspecified atom stereocenters. The third-order valence-electron chi connectivity index (χ3n) is 4.60. The highest BCUT2D eigenvalue weighted by Gasteiger charge is 2.33. The number of piperidine rings is 1. The van der Waals surface area contributed by atoms with Crippen LogP contribution < -0.4 is 5.32 Å². The van der Waals surface area contributed by atoms with E-state index in [4.69, 9.17) is 0 Å². The van der Waals surface area contributed by atoms with Gasteiger partial charge in [0.25, 0.3) is 10.2 Å². The Labute approximate surface area is 150 Å². The highest BCUT2D eigenvalue weighted by molar-refractivity contribution is 7.86. The fraction of sp³-hybridized carbons (Fsp3) is 0.750. The zero-order chi connectivity index (χ0) is 18.4. The first-order chi connectivity index (χ1) is 11.9. The average Bonchev–Trinajstić information content (AvgIpc) is 3.07. The zero-order valence-corrected chi connectivity index (χ0v) is 16.1. The van der Waals surface area contributed by atoms with E-state index in [1.807, 2.05) is 13.8 Å². The van der Waals surface area contributed by atoms with E-state index in [0.717, 1.165) is 19.4 Å². The molecule has 1 aromatic heterocycles. The van der Waals surface area contributed by atoms with Gasteiger partial charge in [0.1, 0.15) is 0 Å². The second kappa shape index (κ2) is 8.77. The predicted molar refractivity (Wildman–Crippen MR) is 97.3 cm³/mol. The molecule has 8 nitrogen and oxygen atoms in total. The number of nitrogens with zero attached hydrogens (tertiary/aromatic N) is 4. The Hall–Kier alpha value is -1.45. The van der Waals surface area contributed by atoms with Crippen LogP contribution in [0.5, 0.6) is 0 Å². The lowest BCUT2D eigenvalue weighted by atomic mass is 9.97. The predicted octanol–water partition coefficient (Wildman–Crippen LogP) is 1.53. The van der Waals surface area contributed by atoms with Crippen molar-refractivity contribution in [2.75, 3.05) is 32.0 Å². The zero-order valence-electron chi connectivity index (χ0n) is 15.3. The fourth-order valence-electron chi connectivity index (χ4n) is 2.89. The van der Waals surface area contributed by atoms with Crippen LogP contribution in [0.15, 0.2) is 12.4 Å². The lowest BCUT2D eigenvalue weighted by Gasteiger charge is -2.33. The SMILES string of the molecule is CCCCN(C)S(=O)(=O)N1CCC(C(=O)Nc2cnn(CC)c2)CC1. The van der Waals surface area contributed by atoms with Crippen molar-refractivity contribution in [3.63, 3.8) is 0 Å². The molecule has 1 N–H and O–H groups in total. The molecule has 0 saturated carbocycles. The van der Waals surface area contributed by atoms with Crippen molar-refractivity contribution in [2.45, 2.75) is 46.1 Å². The number of aryl methyl sites for hydroxylation is 1. The summed E-state index contributed by atoms with van der Waals surface area (Å²) in [6.07, 6.45) is 6.30. The van der Waals surface area contributed by atoms with E-state index >= 15 is 0 Å². The lowest BCUT2D eigenvalue weighted by molar-refractivity contribution is -0.120. The molecule has 2 heterocycles. The van der Waals surface area contributed by atoms with Crippen molar-refractivity contribution in [2.24, 2.45) is 5.92 Å². The van der Waals surface area contributed by atoms with Crippen LogP contribution in [-0.4, -0.2) is 59.4 Å². The van der Waals surface area contributed by atoms with Gasteiger partial charge in [0, 0.05) is 45.3 Å². The van der Waals surface area contributed by atoms with Gasteiger partial charge in [0.2, 0.25) is 5.91 Å². The highest BCUT2D eigenvalue weighted by atomic mass is 32.2. The smallest absolute Gasteiger partial charge is 0.281 e. The Morgan fingerprint density at radius 2 is 2.04 bits per heavy atom. The summed E-state index contributed by atoms with van der Waals surface area (Å²) in [5.74, 6) is -0.232. The molecule has 9 heteroatoms. The van der Waals surface area contributed by atoms with Gasteiger partial charge in [-0.2, -0.15) is 22.1 Å². The third-order valence-corrected chi connectivity index (χ3v) is 6.58. The van der Waals surface area contributed by atoms with Crippen molar-refractivity contribution < 1.29 is 13.2 Å². The van der Waals surface area contributed by atoms with Crippen molar-refractivity contribution in [3.8, 4) is 0 Å². The summed E-state index contributed by atoms with van der Waals surface area (Å²) < 4.78 is 29.7. The summed E-state index contributed by atoms with van der Waals surface area (Å²) in [5.41, 5.74) is 0.682. The molecular formula is C16H29N5O3S. The van der Waals surface area contributed by atoms with E-state index in [9.17, 15) is 13.2 Å². The van der Waals surface area contributed by atoms with Gasteiger partial charge in [-0.25, -0.2) is 0 Å². The van der Waals surface area contributed by atoms with E-state index in [-0.39, 0.29) is 11.8 Å². The van der Waals surface area contributed by atoms with E-state index in [1.165, 1.54) is 8.61 Å². The first-order valence-electron chi connectivity index (χ1n) is 8.93. The molecule has 2 rings (SSSR count). The normalized spacial score (nSPS) is 17.1. The van der Waals surface area contributed by atoms with Crippen molar-refractivity contribution in [3.05, 3.63) is 12.4 Å². The van der Waals surface area contributed by atoms with Crippen molar-refractivity contribution in [1.29, 1.82) is 0 Å². The van der Waals surface area contributed by atoms with Gasteiger partial charge < -0.3 is 5.32 Å². The lowest BCUT2D eigenvalue weighted by Crippen LogP contribution is -2.47. The first kappa shape index (κ1) is 19.9. The Morgan fingerprint density at radius 3 is 2.60 bits per heavy atom. The van der Waals surface area contributed by atoms with Crippen LogP contribution in [0.25, 0.3) is 0 Å². The molecule has 1 aromatic rings. The summed E-state index contributed by atoms with van der Waals surface area (Å²) in [6.45, 7) is 6.05. The van der Waals surface area contributed by atoms with Crippen LogP contribution in [0, 0.1) is 5.92 Å². The molecule has 0 bridgehead atoms. The van der Waals surface area contributed by atoms with E-state index in [1.54, 1.807) is 24.1 Å². The maximum atomic E-state index is 12.5. The minimum Gasteiger partial charge on any atom is -0.323 e. The largest absolute Gasteiger partial charge is 0.323 e. The van der Waals surface area contributed by atoms with Crippen molar-refractivity contribution >= 4 is 21.8 Å². The molecule has 1 amide bonds. The van der Waals surface area contributed by atoms with Gasteiger partial charge in [-0.05, 0) is 26.2 Å². The van der Waals surface area contributed by atoms with Gasteiger partial charge in [-0.3, -0.25) is 9.48 Å². The van der Waals surface area contributed by atoms with Gasteiger partial charge in [0.05, 0.1) is 11.9 Å².